The van der Waals surface area contributed by atoms with Crippen LogP contribution in [0.2, 0.25) is 0 Å². The largest absolute Gasteiger partial charge is 0.456 e. The van der Waals surface area contributed by atoms with Crippen LogP contribution in [0.3, 0.4) is 0 Å². The van der Waals surface area contributed by atoms with Crippen molar-refractivity contribution >= 4 is 23.2 Å². The van der Waals surface area contributed by atoms with E-state index in [0.29, 0.717) is 18.5 Å². The first-order valence-corrected chi connectivity index (χ1v) is 10.5. The summed E-state index contributed by atoms with van der Waals surface area (Å²) in [5.41, 5.74) is 4.42. The fourth-order valence-electron chi connectivity index (χ4n) is 3.31. The summed E-state index contributed by atoms with van der Waals surface area (Å²) in [6.45, 7) is 3.50. The highest BCUT2D eigenvalue weighted by Gasteiger charge is 2.20. The summed E-state index contributed by atoms with van der Waals surface area (Å²) in [6.07, 6.45) is 1.51. The van der Waals surface area contributed by atoms with E-state index in [1.54, 1.807) is 12.1 Å². The summed E-state index contributed by atoms with van der Waals surface area (Å²) in [4.78, 5) is 30.7. The minimum Gasteiger partial charge on any atom is -0.456 e. The summed E-state index contributed by atoms with van der Waals surface area (Å²) < 4.78 is 5.45. The Morgan fingerprint density at radius 3 is 2.79 bits per heavy atom. The van der Waals surface area contributed by atoms with Crippen LogP contribution in [0.4, 0.5) is 0 Å². The Morgan fingerprint density at radius 1 is 1.21 bits per heavy atom. The smallest absolute Gasteiger partial charge is 0.338 e. The minimum atomic E-state index is -0.385. The highest BCUT2D eigenvalue weighted by Crippen LogP contribution is 2.24. The molecule has 3 aromatic rings. The normalized spacial score (nSPS) is 13.7. The zero-order valence-electron chi connectivity index (χ0n) is 16.3. The van der Waals surface area contributed by atoms with Gasteiger partial charge >= 0.3 is 5.97 Å². The van der Waals surface area contributed by atoms with Gasteiger partial charge in [0.1, 0.15) is 11.6 Å². The second-order valence-corrected chi connectivity index (χ2v) is 8.06. The number of carbonyl (C=O) groups excluding carboxylic acids is 2. The van der Waals surface area contributed by atoms with Crippen LogP contribution in [-0.4, -0.2) is 28.3 Å². The lowest BCUT2D eigenvalue weighted by molar-refractivity contribution is -0.128. The molecule has 6 heteroatoms. The Bertz CT molecular complexity index is 1030. The Hall–Kier alpha value is -2.99. The van der Waals surface area contributed by atoms with Crippen molar-refractivity contribution in [3.05, 3.63) is 76.3 Å². The number of thiazole rings is 1. The average molecular weight is 407 g/mol. The molecule has 2 heterocycles. The zero-order chi connectivity index (χ0) is 20.2. The van der Waals surface area contributed by atoms with Crippen molar-refractivity contribution in [3.8, 4) is 10.6 Å². The summed E-state index contributed by atoms with van der Waals surface area (Å²) in [6, 6.07) is 15.5. The molecular weight excluding hydrogens is 384 g/mol. The molecule has 0 spiro atoms. The van der Waals surface area contributed by atoms with E-state index in [4.69, 9.17) is 4.74 Å². The average Bonchev–Trinajstić information content (AvgIpc) is 3.36. The van der Waals surface area contributed by atoms with Crippen LogP contribution in [0.1, 0.15) is 40.0 Å². The molecular formula is C23H22N2O3S. The van der Waals surface area contributed by atoms with Crippen LogP contribution in [-0.2, 0) is 22.7 Å². The van der Waals surface area contributed by atoms with Gasteiger partial charge in [0.05, 0.1) is 11.3 Å². The summed E-state index contributed by atoms with van der Waals surface area (Å²) in [5, 5.41) is 2.83. The van der Waals surface area contributed by atoms with E-state index in [1.165, 1.54) is 16.9 Å². The molecule has 0 radical (unpaired) electrons. The van der Waals surface area contributed by atoms with Crippen molar-refractivity contribution in [2.45, 2.75) is 32.9 Å². The number of hydrogen-bond acceptors (Lipinski definition) is 5. The summed E-state index contributed by atoms with van der Waals surface area (Å²) >= 11 is 1.54. The van der Waals surface area contributed by atoms with Gasteiger partial charge in [0.15, 0.2) is 0 Å². The van der Waals surface area contributed by atoms with Gasteiger partial charge in [-0.2, -0.15) is 0 Å². The van der Waals surface area contributed by atoms with E-state index in [0.717, 1.165) is 34.8 Å². The van der Waals surface area contributed by atoms with Gasteiger partial charge in [0, 0.05) is 30.5 Å². The molecule has 1 amide bonds. The number of aryl methyl sites for hydroxylation is 1. The minimum absolute atomic E-state index is 0.135. The number of benzene rings is 2. The molecule has 148 valence electrons. The maximum absolute atomic E-state index is 12.5. The van der Waals surface area contributed by atoms with Crippen LogP contribution in [0.25, 0.3) is 10.6 Å². The fraction of sp³-hybridized carbons (Fsp3) is 0.261. The van der Waals surface area contributed by atoms with Crippen LogP contribution in [0, 0.1) is 6.92 Å². The van der Waals surface area contributed by atoms with E-state index in [9.17, 15) is 9.59 Å². The van der Waals surface area contributed by atoms with Gasteiger partial charge in [-0.3, -0.25) is 4.79 Å². The first-order chi connectivity index (χ1) is 14.1. The van der Waals surface area contributed by atoms with Crippen molar-refractivity contribution in [1.29, 1.82) is 0 Å². The van der Waals surface area contributed by atoms with E-state index < -0.39 is 0 Å². The SMILES string of the molecule is Cc1ccc(-c2nc(COC(=O)c3cccc(CN4CCCC4=O)c3)cs2)cc1. The molecule has 5 nitrogen and oxygen atoms in total. The Balaban J connectivity index is 1.37. The van der Waals surface area contributed by atoms with Gasteiger partial charge in [-0.1, -0.05) is 42.0 Å². The lowest BCUT2D eigenvalue weighted by atomic mass is 10.1. The molecule has 0 aliphatic carbocycles. The third-order valence-electron chi connectivity index (χ3n) is 4.91. The lowest BCUT2D eigenvalue weighted by Crippen LogP contribution is -2.23. The molecule has 1 aliphatic rings. The van der Waals surface area contributed by atoms with Crippen molar-refractivity contribution in [3.63, 3.8) is 0 Å². The number of nitrogens with zero attached hydrogens (tertiary/aromatic N) is 2. The topological polar surface area (TPSA) is 59.5 Å². The van der Waals surface area contributed by atoms with E-state index in [1.807, 2.05) is 34.5 Å². The second kappa shape index (κ2) is 8.57. The highest BCUT2D eigenvalue weighted by molar-refractivity contribution is 7.13. The van der Waals surface area contributed by atoms with Crippen LogP contribution in [0.15, 0.2) is 53.9 Å². The number of esters is 1. The molecule has 1 aliphatic heterocycles. The molecule has 0 unspecified atom stereocenters. The zero-order valence-corrected chi connectivity index (χ0v) is 17.1. The first-order valence-electron chi connectivity index (χ1n) is 9.64. The molecule has 0 saturated carbocycles. The molecule has 0 atom stereocenters. The van der Waals surface area contributed by atoms with Crippen molar-refractivity contribution in [1.82, 2.24) is 9.88 Å². The van der Waals surface area contributed by atoms with Crippen molar-refractivity contribution in [2.24, 2.45) is 0 Å². The monoisotopic (exact) mass is 406 g/mol. The number of hydrogen-bond donors (Lipinski definition) is 0. The molecule has 1 aromatic heterocycles. The quantitative estimate of drug-likeness (QED) is 0.562. The summed E-state index contributed by atoms with van der Waals surface area (Å²) in [5.74, 6) is -0.213. The van der Waals surface area contributed by atoms with Gasteiger partial charge in [0.25, 0.3) is 0 Å². The number of ether oxygens (including phenoxy) is 1. The molecule has 0 N–H and O–H groups in total. The highest BCUT2D eigenvalue weighted by atomic mass is 32.1. The number of carbonyl (C=O) groups is 2. The Morgan fingerprint density at radius 2 is 2.03 bits per heavy atom. The Labute approximate surface area is 174 Å². The van der Waals surface area contributed by atoms with Crippen molar-refractivity contribution in [2.75, 3.05) is 6.54 Å². The standard InChI is InChI=1S/C23H22N2O3S/c1-16-7-9-18(10-8-16)22-24-20(15-29-22)14-28-23(27)19-5-2-4-17(12-19)13-25-11-3-6-21(25)26/h2,4-5,7-10,12,15H,3,6,11,13-14H2,1H3. The van der Waals surface area contributed by atoms with E-state index in [-0.39, 0.29) is 18.5 Å². The fourth-order valence-corrected chi connectivity index (χ4v) is 4.12. The number of likely N-dealkylation sites (tertiary alicyclic amines) is 1. The number of amides is 1. The third kappa shape index (κ3) is 4.71. The van der Waals surface area contributed by atoms with Crippen LogP contribution in [0.5, 0.6) is 0 Å². The molecule has 2 aromatic carbocycles. The van der Waals surface area contributed by atoms with E-state index >= 15 is 0 Å². The maximum atomic E-state index is 12.5. The van der Waals surface area contributed by atoms with E-state index in [2.05, 4.69) is 24.0 Å². The van der Waals surface area contributed by atoms with Gasteiger partial charge in [-0.05, 0) is 31.0 Å². The molecule has 0 bridgehead atoms. The lowest BCUT2D eigenvalue weighted by Gasteiger charge is -2.15. The predicted molar refractivity (Wildman–Crippen MR) is 112 cm³/mol. The molecule has 1 fully saturated rings. The predicted octanol–water partition coefficient (Wildman–Crippen LogP) is 4.60. The van der Waals surface area contributed by atoms with Crippen molar-refractivity contribution < 1.29 is 14.3 Å². The molecule has 4 rings (SSSR count). The number of rotatable bonds is 6. The van der Waals surface area contributed by atoms with Gasteiger partial charge < -0.3 is 9.64 Å². The second-order valence-electron chi connectivity index (χ2n) is 7.21. The van der Waals surface area contributed by atoms with Crippen LogP contribution >= 0.6 is 11.3 Å². The van der Waals surface area contributed by atoms with Gasteiger partial charge in [-0.15, -0.1) is 11.3 Å². The van der Waals surface area contributed by atoms with Gasteiger partial charge in [0.2, 0.25) is 5.91 Å². The van der Waals surface area contributed by atoms with Gasteiger partial charge in [-0.25, -0.2) is 9.78 Å². The third-order valence-corrected chi connectivity index (χ3v) is 5.85. The molecule has 29 heavy (non-hydrogen) atoms. The summed E-state index contributed by atoms with van der Waals surface area (Å²) in [7, 11) is 0. The first kappa shape index (κ1) is 19.3. The Kier molecular flexibility index (Phi) is 5.71. The maximum Gasteiger partial charge on any atom is 0.338 e. The molecule has 1 saturated heterocycles. The number of aromatic nitrogens is 1. The van der Waals surface area contributed by atoms with Crippen LogP contribution < -0.4 is 0 Å².